The first-order chi connectivity index (χ1) is 10.7. The molecule has 114 valence electrons. The second kappa shape index (κ2) is 7.00. The summed E-state index contributed by atoms with van der Waals surface area (Å²) in [4.78, 5) is 18.0. The van der Waals surface area contributed by atoms with E-state index in [0.717, 1.165) is 27.3 Å². The van der Waals surface area contributed by atoms with Crippen LogP contribution in [0.2, 0.25) is 5.02 Å². The molecule has 22 heavy (non-hydrogen) atoms. The highest BCUT2D eigenvalue weighted by atomic mass is 35.5. The van der Waals surface area contributed by atoms with E-state index in [9.17, 15) is 4.79 Å². The van der Waals surface area contributed by atoms with Crippen molar-refractivity contribution in [1.29, 1.82) is 0 Å². The first-order valence-corrected chi connectivity index (χ1v) is 10.1. The van der Waals surface area contributed by atoms with Crippen molar-refractivity contribution in [3.05, 3.63) is 50.4 Å². The number of hydrogen-bond acceptors (Lipinski definition) is 4. The lowest BCUT2D eigenvalue weighted by Crippen LogP contribution is -2.18. The van der Waals surface area contributed by atoms with E-state index in [1.54, 1.807) is 17.8 Å². The minimum absolute atomic E-state index is 0.189. The maximum atomic E-state index is 12.3. The highest BCUT2D eigenvalue weighted by molar-refractivity contribution is 7.98. The summed E-state index contributed by atoms with van der Waals surface area (Å²) in [5.74, 6) is 0.778. The molecule has 0 saturated heterocycles. The molecule has 0 unspecified atom stereocenters. The van der Waals surface area contributed by atoms with Gasteiger partial charge in [0.05, 0.1) is 15.1 Å². The Morgan fingerprint density at radius 3 is 3.00 bits per heavy atom. The van der Waals surface area contributed by atoms with E-state index in [0.29, 0.717) is 9.90 Å². The van der Waals surface area contributed by atoms with E-state index in [1.807, 2.05) is 29.6 Å². The predicted octanol–water partition coefficient (Wildman–Crippen LogP) is 4.52. The predicted molar refractivity (Wildman–Crippen MR) is 97.4 cm³/mol. The molecule has 0 N–H and O–H groups in total. The van der Waals surface area contributed by atoms with Crippen molar-refractivity contribution < 1.29 is 4.79 Å². The fraction of sp³-hybridized carbons (Fsp3) is 0.200. The Hall–Kier alpha value is -1.08. The third kappa shape index (κ3) is 3.30. The van der Waals surface area contributed by atoms with Crippen LogP contribution in [0.1, 0.15) is 9.67 Å². The summed E-state index contributed by atoms with van der Waals surface area (Å²) in [6.07, 6.45) is 2.07. The quantitative estimate of drug-likeness (QED) is 0.678. The molecule has 0 aliphatic rings. The molecule has 3 aromatic rings. The number of thiazole rings is 1. The monoisotopic (exact) mass is 368 g/mol. The van der Waals surface area contributed by atoms with Crippen molar-refractivity contribution >= 4 is 62.2 Å². The van der Waals surface area contributed by atoms with Gasteiger partial charge in [0, 0.05) is 17.3 Å². The molecule has 1 amide bonds. The maximum absolute atomic E-state index is 12.3. The van der Waals surface area contributed by atoms with E-state index >= 15 is 0 Å². The Bertz CT molecular complexity index is 865. The number of thiophene rings is 1. The number of nitrogens with zero attached hydrogens (tertiary/aromatic N) is 2. The number of rotatable bonds is 4. The van der Waals surface area contributed by atoms with Crippen LogP contribution in [-0.4, -0.2) is 22.5 Å². The van der Waals surface area contributed by atoms with Gasteiger partial charge in [-0.3, -0.25) is 4.79 Å². The molecule has 0 saturated carbocycles. The van der Waals surface area contributed by atoms with E-state index in [1.165, 1.54) is 22.7 Å². The number of aryl methyl sites for hydroxylation is 1. The van der Waals surface area contributed by atoms with Crippen molar-refractivity contribution in [3.63, 3.8) is 0 Å². The summed E-state index contributed by atoms with van der Waals surface area (Å²) in [5, 5.41) is 2.58. The number of carbonyl (C=O) groups excluding carboxylic acids is 1. The summed E-state index contributed by atoms with van der Waals surface area (Å²) in [5.41, 5.74) is 1.07. The summed E-state index contributed by atoms with van der Waals surface area (Å²) >= 11 is 10.7. The zero-order valence-corrected chi connectivity index (χ0v) is 15.0. The number of thioether (sulfide) groups is 1. The first kappa shape index (κ1) is 15.8. The number of carbonyl (C=O) groups is 1. The third-order valence-electron chi connectivity index (χ3n) is 3.09. The van der Waals surface area contributed by atoms with Gasteiger partial charge in [-0.05, 0) is 35.9 Å². The summed E-state index contributed by atoms with van der Waals surface area (Å²) in [7, 11) is 0. The molecular formula is C15H13ClN2OS3. The Morgan fingerprint density at radius 2 is 2.27 bits per heavy atom. The average molecular weight is 369 g/mol. The standard InChI is InChI=1S/C15H13ClN2OS3/c1-20-8-6-18-11-5-4-10(16)9-13(11)22-15(18)17-14(19)12-3-2-7-21-12/h2-5,7,9H,6,8H2,1H3. The van der Waals surface area contributed by atoms with Crippen LogP contribution in [0, 0.1) is 0 Å². The SMILES string of the molecule is CSCCn1c(=NC(=O)c2cccs2)sc2cc(Cl)ccc21. The van der Waals surface area contributed by atoms with Gasteiger partial charge < -0.3 is 4.57 Å². The molecule has 0 bridgehead atoms. The molecule has 1 aromatic carbocycles. The fourth-order valence-electron chi connectivity index (χ4n) is 2.07. The summed E-state index contributed by atoms with van der Waals surface area (Å²) in [6, 6.07) is 9.44. The lowest BCUT2D eigenvalue weighted by Gasteiger charge is -2.03. The van der Waals surface area contributed by atoms with E-state index < -0.39 is 0 Å². The van der Waals surface area contributed by atoms with Gasteiger partial charge in [-0.1, -0.05) is 29.0 Å². The number of benzene rings is 1. The van der Waals surface area contributed by atoms with Crippen LogP contribution in [0.3, 0.4) is 0 Å². The molecule has 7 heteroatoms. The summed E-state index contributed by atoms with van der Waals surface area (Å²) in [6.45, 7) is 0.819. The van der Waals surface area contributed by atoms with Crippen molar-refractivity contribution in [3.8, 4) is 0 Å². The van der Waals surface area contributed by atoms with Gasteiger partial charge in [0.25, 0.3) is 5.91 Å². The van der Waals surface area contributed by atoms with Crippen LogP contribution < -0.4 is 4.80 Å². The van der Waals surface area contributed by atoms with E-state index in [-0.39, 0.29) is 5.91 Å². The largest absolute Gasteiger partial charge is 0.316 e. The number of halogens is 1. The van der Waals surface area contributed by atoms with Gasteiger partial charge in [-0.2, -0.15) is 16.8 Å². The lowest BCUT2D eigenvalue weighted by atomic mass is 10.3. The molecule has 0 fully saturated rings. The summed E-state index contributed by atoms with van der Waals surface area (Å²) < 4.78 is 3.14. The number of fused-ring (bicyclic) bond motifs is 1. The molecule has 3 rings (SSSR count). The third-order valence-corrected chi connectivity index (χ3v) is 5.82. The van der Waals surface area contributed by atoms with Crippen molar-refractivity contribution in [2.24, 2.45) is 4.99 Å². The van der Waals surface area contributed by atoms with Crippen LogP contribution in [0.15, 0.2) is 40.7 Å². The molecule has 0 aliphatic heterocycles. The maximum Gasteiger partial charge on any atom is 0.289 e. The molecule has 0 radical (unpaired) electrons. The van der Waals surface area contributed by atoms with Crippen molar-refractivity contribution in [1.82, 2.24) is 4.57 Å². The average Bonchev–Trinajstić information content (AvgIpc) is 3.12. The molecule has 0 aliphatic carbocycles. The topological polar surface area (TPSA) is 34.4 Å². The van der Waals surface area contributed by atoms with Gasteiger partial charge in [0.2, 0.25) is 0 Å². The Kier molecular flexibility index (Phi) is 5.03. The number of amides is 1. The minimum atomic E-state index is -0.189. The fourth-order valence-corrected chi connectivity index (χ4v) is 4.38. The zero-order valence-electron chi connectivity index (χ0n) is 11.8. The zero-order chi connectivity index (χ0) is 15.5. The normalized spacial score (nSPS) is 12.2. The van der Waals surface area contributed by atoms with Crippen molar-refractivity contribution in [2.75, 3.05) is 12.0 Å². The van der Waals surface area contributed by atoms with E-state index in [4.69, 9.17) is 11.6 Å². The molecule has 0 spiro atoms. The minimum Gasteiger partial charge on any atom is -0.316 e. The van der Waals surface area contributed by atoms with Crippen molar-refractivity contribution in [2.45, 2.75) is 6.54 Å². The molecule has 2 aromatic heterocycles. The lowest BCUT2D eigenvalue weighted by molar-refractivity contribution is 0.100. The molecule has 2 heterocycles. The number of aromatic nitrogens is 1. The molecule has 3 nitrogen and oxygen atoms in total. The van der Waals surface area contributed by atoms with Crippen LogP contribution >= 0.6 is 46.0 Å². The second-order valence-corrected chi connectivity index (χ2v) is 7.91. The van der Waals surface area contributed by atoms with E-state index in [2.05, 4.69) is 15.8 Å². The second-order valence-electron chi connectivity index (χ2n) is 4.54. The highest BCUT2D eigenvalue weighted by Gasteiger charge is 2.10. The Balaban J connectivity index is 2.12. The van der Waals surface area contributed by atoms with Gasteiger partial charge in [-0.25, -0.2) is 0 Å². The van der Waals surface area contributed by atoms with Gasteiger partial charge in [0.1, 0.15) is 0 Å². The Labute approximate surface area is 145 Å². The van der Waals surface area contributed by atoms with Gasteiger partial charge >= 0.3 is 0 Å². The molecular weight excluding hydrogens is 356 g/mol. The van der Waals surface area contributed by atoms with Gasteiger partial charge in [0.15, 0.2) is 4.80 Å². The van der Waals surface area contributed by atoms with Crippen LogP contribution in [0.25, 0.3) is 10.2 Å². The molecule has 0 atom stereocenters. The van der Waals surface area contributed by atoms with Crippen LogP contribution in [-0.2, 0) is 6.54 Å². The Morgan fingerprint density at radius 1 is 1.41 bits per heavy atom. The number of hydrogen-bond donors (Lipinski definition) is 0. The van der Waals surface area contributed by atoms with Gasteiger partial charge in [-0.15, -0.1) is 11.3 Å². The smallest absolute Gasteiger partial charge is 0.289 e. The first-order valence-electron chi connectivity index (χ1n) is 6.59. The highest BCUT2D eigenvalue weighted by Crippen LogP contribution is 2.22. The van der Waals surface area contributed by atoms with Crippen LogP contribution in [0.4, 0.5) is 0 Å². The van der Waals surface area contributed by atoms with Crippen LogP contribution in [0.5, 0.6) is 0 Å².